The monoisotopic (exact) mass is 448 g/mol. The maximum Gasteiger partial charge on any atom is -0.00187 e. The van der Waals surface area contributed by atoms with E-state index in [0.717, 1.165) is 29.6 Å². The van der Waals surface area contributed by atoms with Gasteiger partial charge in [0.05, 0.1) is 0 Å². The molecule has 0 nitrogen and oxygen atoms in total. The van der Waals surface area contributed by atoms with Crippen LogP contribution in [0.25, 0.3) is 0 Å². The Kier molecular flexibility index (Phi) is 9.18. The molecule has 0 amide bonds. The van der Waals surface area contributed by atoms with Crippen LogP contribution in [-0.4, -0.2) is 0 Å². The fourth-order valence-electron chi connectivity index (χ4n) is 8.06. The first-order valence-electron chi connectivity index (χ1n) is 14.9. The smallest absolute Gasteiger partial charge is 0.00187 e. The summed E-state index contributed by atoms with van der Waals surface area (Å²) in [6.45, 7) is 9.10. The van der Waals surface area contributed by atoms with Crippen LogP contribution >= 0.6 is 0 Å². The van der Waals surface area contributed by atoms with Gasteiger partial charge < -0.3 is 0 Å². The van der Waals surface area contributed by atoms with Gasteiger partial charge in [-0.15, -0.1) is 6.58 Å². The Morgan fingerprint density at radius 1 is 0.848 bits per heavy atom. The minimum Gasteiger partial charge on any atom is -0.103 e. The van der Waals surface area contributed by atoms with Crippen molar-refractivity contribution in [3.05, 3.63) is 48.0 Å². The third-order valence-corrected chi connectivity index (χ3v) is 10.4. The molecule has 3 fully saturated rings. The van der Waals surface area contributed by atoms with Crippen LogP contribution in [0.5, 0.6) is 0 Å². The highest BCUT2D eigenvalue weighted by molar-refractivity contribution is 5.34. The van der Waals surface area contributed by atoms with Crippen molar-refractivity contribution in [2.24, 2.45) is 23.7 Å². The molecule has 3 aliphatic rings. The third-order valence-electron chi connectivity index (χ3n) is 10.4. The Morgan fingerprint density at radius 3 is 2.21 bits per heavy atom. The summed E-state index contributed by atoms with van der Waals surface area (Å²) in [5.41, 5.74) is 3.72. The van der Waals surface area contributed by atoms with E-state index >= 15 is 0 Å². The van der Waals surface area contributed by atoms with Gasteiger partial charge in [0, 0.05) is 0 Å². The summed E-state index contributed by atoms with van der Waals surface area (Å²) in [6.07, 6.45) is 26.5. The average Bonchev–Trinajstić information content (AvgIpc) is 2.89. The predicted molar refractivity (Wildman–Crippen MR) is 145 cm³/mol. The van der Waals surface area contributed by atoms with E-state index in [4.69, 9.17) is 0 Å². The highest BCUT2D eigenvalue weighted by atomic mass is 14.5. The molecule has 0 spiro atoms. The molecule has 3 aliphatic carbocycles. The standard InChI is InChI=1S/C33H52/c1-4-6-8-12-27-19-23-31(24-20-27)33(3,30-14-9-7-10-15-30)32-16-11-13-29(25-32)28-21-17-26(5-2)18-22-28/h5,11,13,16,25-28,30-31H,2,4,6-10,12,14-15,17-24H2,1,3H3. The summed E-state index contributed by atoms with van der Waals surface area (Å²) < 4.78 is 0. The number of rotatable bonds is 9. The largest absolute Gasteiger partial charge is 0.103 e. The second-order valence-electron chi connectivity index (χ2n) is 12.3. The fraction of sp³-hybridized carbons (Fsp3) is 0.758. The van der Waals surface area contributed by atoms with Crippen LogP contribution in [0.2, 0.25) is 0 Å². The lowest BCUT2D eigenvalue weighted by Crippen LogP contribution is -2.42. The van der Waals surface area contributed by atoms with Crippen molar-refractivity contribution in [1.29, 1.82) is 0 Å². The van der Waals surface area contributed by atoms with Gasteiger partial charge in [0.25, 0.3) is 0 Å². The highest BCUT2D eigenvalue weighted by Gasteiger charge is 2.44. The first-order valence-corrected chi connectivity index (χ1v) is 14.9. The molecule has 0 bridgehead atoms. The van der Waals surface area contributed by atoms with Crippen molar-refractivity contribution in [2.75, 3.05) is 0 Å². The lowest BCUT2D eigenvalue weighted by molar-refractivity contribution is 0.0981. The van der Waals surface area contributed by atoms with Crippen molar-refractivity contribution in [2.45, 2.75) is 134 Å². The molecule has 0 aromatic heterocycles. The number of unbranched alkanes of at least 4 members (excludes halogenated alkanes) is 2. The van der Waals surface area contributed by atoms with E-state index in [2.05, 4.69) is 50.8 Å². The van der Waals surface area contributed by atoms with Gasteiger partial charge in [-0.3, -0.25) is 0 Å². The number of allylic oxidation sites excluding steroid dienone is 1. The SMILES string of the molecule is C=CC1CCC(c2cccc(C(C)(C3CCCCC3)C3CCC(CCCCC)CC3)c2)CC1. The fourth-order valence-corrected chi connectivity index (χ4v) is 8.06. The van der Waals surface area contributed by atoms with E-state index in [1.165, 1.54) is 109 Å². The van der Waals surface area contributed by atoms with Crippen LogP contribution in [0.15, 0.2) is 36.9 Å². The molecule has 4 rings (SSSR count). The van der Waals surface area contributed by atoms with Crippen LogP contribution < -0.4 is 0 Å². The summed E-state index contributed by atoms with van der Waals surface area (Å²) in [7, 11) is 0. The molecule has 0 N–H and O–H groups in total. The summed E-state index contributed by atoms with van der Waals surface area (Å²) >= 11 is 0. The van der Waals surface area contributed by atoms with Crippen LogP contribution in [-0.2, 0) is 5.41 Å². The molecular formula is C33H52. The average molecular weight is 449 g/mol. The number of benzene rings is 1. The number of hydrogen-bond donors (Lipinski definition) is 0. The topological polar surface area (TPSA) is 0 Å². The van der Waals surface area contributed by atoms with Crippen molar-refractivity contribution >= 4 is 0 Å². The first-order chi connectivity index (χ1) is 16.1. The van der Waals surface area contributed by atoms with Gasteiger partial charge in [0.1, 0.15) is 0 Å². The lowest BCUT2D eigenvalue weighted by Gasteiger charge is -2.49. The zero-order valence-electron chi connectivity index (χ0n) is 22.0. The van der Waals surface area contributed by atoms with E-state index in [-0.39, 0.29) is 0 Å². The Labute approximate surface area is 206 Å². The maximum absolute atomic E-state index is 4.06. The van der Waals surface area contributed by atoms with Crippen LogP contribution in [0.4, 0.5) is 0 Å². The Morgan fingerprint density at radius 2 is 1.55 bits per heavy atom. The minimum absolute atomic E-state index is 0.378. The van der Waals surface area contributed by atoms with Crippen molar-refractivity contribution in [3.63, 3.8) is 0 Å². The second-order valence-corrected chi connectivity index (χ2v) is 12.3. The van der Waals surface area contributed by atoms with E-state index in [9.17, 15) is 0 Å². The minimum atomic E-state index is 0.378. The molecule has 1 aromatic carbocycles. The maximum atomic E-state index is 4.06. The molecule has 0 radical (unpaired) electrons. The van der Waals surface area contributed by atoms with Gasteiger partial charge in [-0.25, -0.2) is 0 Å². The normalized spacial score (nSPS) is 31.1. The summed E-state index contributed by atoms with van der Waals surface area (Å²) in [4.78, 5) is 0. The van der Waals surface area contributed by atoms with Gasteiger partial charge in [-0.05, 0) is 97.5 Å². The molecule has 0 saturated heterocycles. The molecule has 1 atom stereocenters. The van der Waals surface area contributed by atoms with Crippen LogP contribution in [0, 0.1) is 23.7 Å². The van der Waals surface area contributed by atoms with Crippen LogP contribution in [0.1, 0.15) is 140 Å². The first kappa shape index (κ1) is 25.1. The Bertz CT molecular complexity index is 709. The molecule has 0 heteroatoms. The second kappa shape index (κ2) is 12.1. The van der Waals surface area contributed by atoms with Gasteiger partial charge in [-0.1, -0.05) is 102 Å². The molecule has 1 aromatic rings. The molecule has 0 aliphatic heterocycles. The van der Waals surface area contributed by atoms with Gasteiger partial charge in [0.2, 0.25) is 0 Å². The zero-order valence-corrected chi connectivity index (χ0v) is 22.0. The zero-order chi connectivity index (χ0) is 23.1. The van der Waals surface area contributed by atoms with Crippen LogP contribution in [0.3, 0.4) is 0 Å². The quantitative estimate of drug-likeness (QED) is 0.260. The van der Waals surface area contributed by atoms with Crippen molar-refractivity contribution in [1.82, 2.24) is 0 Å². The van der Waals surface area contributed by atoms with Crippen molar-refractivity contribution in [3.8, 4) is 0 Å². The van der Waals surface area contributed by atoms with E-state index in [0.29, 0.717) is 5.41 Å². The summed E-state index contributed by atoms with van der Waals surface area (Å²) in [5.74, 6) is 4.31. The molecular weight excluding hydrogens is 396 g/mol. The molecule has 0 heterocycles. The Balaban J connectivity index is 1.52. The molecule has 184 valence electrons. The van der Waals surface area contributed by atoms with Gasteiger partial charge in [-0.2, -0.15) is 0 Å². The third kappa shape index (κ3) is 5.97. The predicted octanol–water partition coefficient (Wildman–Crippen LogP) is 10.4. The number of hydrogen-bond acceptors (Lipinski definition) is 0. The summed E-state index contributed by atoms with van der Waals surface area (Å²) in [5, 5.41) is 0. The van der Waals surface area contributed by atoms with Gasteiger partial charge >= 0.3 is 0 Å². The highest BCUT2D eigenvalue weighted by Crippen LogP contribution is 2.52. The molecule has 33 heavy (non-hydrogen) atoms. The molecule has 1 unspecified atom stereocenters. The molecule has 3 saturated carbocycles. The Hall–Kier alpha value is -1.04. The van der Waals surface area contributed by atoms with E-state index in [1.54, 1.807) is 11.1 Å². The van der Waals surface area contributed by atoms with Gasteiger partial charge in [0.15, 0.2) is 0 Å². The summed E-state index contributed by atoms with van der Waals surface area (Å²) in [6, 6.07) is 10.1. The van der Waals surface area contributed by atoms with E-state index in [1.807, 2.05) is 0 Å². The van der Waals surface area contributed by atoms with E-state index < -0.39 is 0 Å². The lowest BCUT2D eigenvalue weighted by atomic mass is 9.56. The van der Waals surface area contributed by atoms with Crippen molar-refractivity contribution < 1.29 is 0 Å².